The van der Waals surface area contributed by atoms with Gasteiger partial charge in [0.05, 0.1) is 5.75 Å². The maximum absolute atomic E-state index is 12.1. The van der Waals surface area contributed by atoms with E-state index in [1.165, 1.54) is 30.2 Å². The van der Waals surface area contributed by atoms with Gasteiger partial charge < -0.3 is 14.6 Å². The van der Waals surface area contributed by atoms with E-state index < -0.39 is 0 Å². The van der Waals surface area contributed by atoms with Gasteiger partial charge in [-0.15, -0.1) is 10.2 Å². The summed E-state index contributed by atoms with van der Waals surface area (Å²) >= 11 is 1.43. The van der Waals surface area contributed by atoms with Gasteiger partial charge in [-0.2, -0.15) is 0 Å². The van der Waals surface area contributed by atoms with E-state index in [2.05, 4.69) is 15.5 Å². The SMILES string of the molecule is CCn1c(COc2ccc(C)cc2)nnc1SCC(=O)NC1CCCC1. The number of hydrogen-bond acceptors (Lipinski definition) is 5. The Labute approximate surface area is 158 Å². The lowest BCUT2D eigenvalue weighted by Gasteiger charge is -2.12. The molecule has 0 radical (unpaired) electrons. The number of nitrogens with zero attached hydrogens (tertiary/aromatic N) is 3. The lowest BCUT2D eigenvalue weighted by molar-refractivity contribution is -0.119. The van der Waals surface area contributed by atoms with Gasteiger partial charge in [0.1, 0.15) is 12.4 Å². The molecule has 1 aliphatic rings. The van der Waals surface area contributed by atoms with Gasteiger partial charge >= 0.3 is 0 Å². The van der Waals surface area contributed by atoms with Crippen LogP contribution in [0.4, 0.5) is 0 Å². The Bertz CT molecular complexity index is 724. The van der Waals surface area contributed by atoms with Gasteiger partial charge in [0.15, 0.2) is 11.0 Å². The predicted molar refractivity (Wildman–Crippen MR) is 102 cm³/mol. The third-order valence-electron chi connectivity index (χ3n) is 4.55. The van der Waals surface area contributed by atoms with Crippen molar-refractivity contribution in [2.75, 3.05) is 5.75 Å². The molecular weight excluding hydrogens is 348 g/mol. The zero-order valence-electron chi connectivity index (χ0n) is 15.4. The molecule has 0 spiro atoms. The zero-order chi connectivity index (χ0) is 18.4. The van der Waals surface area contributed by atoms with E-state index in [-0.39, 0.29) is 5.91 Å². The molecule has 1 N–H and O–H groups in total. The molecule has 140 valence electrons. The Morgan fingerprint density at radius 3 is 2.69 bits per heavy atom. The van der Waals surface area contributed by atoms with Crippen LogP contribution in [0.5, 0.6) is 5.75 Å². The summed E-state index contributed by atoms with van der Waals surface area (Å²) in [5, 5.41) is 12.3. The normalized spacial score (nSPS) is 14.5. The van der Waals surface area contributed by atoms with Crippen molar-refractivity contribution < 1.29 is 9.53 Å². The minimum Gasteiger partial charge on any atom is -0.486 e. The van der Waals surface area contributed by atoms with E-state index in [1.54, 1.807) is 0 Å². The molecule has 0 atom stereocenters. The van der Waals surface area contributed by atoms with Gasteiger partial charge in [-0.1, -0.05) is 42.3 Å². The van der Waals surface area contributed by atoms with Gasteiger partial charge in [0.2, 0.25) is 5.91 Å². The van der Waals surface area contributed by atoms with Crippen molar-refractivity contribution in [3.05, 3.63) is 35.7 Å². The zero-order valence-corrected chi connectivity index (χ0v) is 16.2. The van der Waals surface area contributed by atoms with Crippen LogP contribution < -0.4 is 10.1 Å². The molecule has 0 unspecified atom stereocenters. The summed E-state index contributed by atoms with van der Waals surface area (Å²) in [6.07, 6.45) is 4.63. The van der Waals surface area contributed by atoms with Crippen LogP contribution in [0.3, 0.4) is 0 Å². The molecule has 1 saturated carbocycles. The van der Waals surface area contributed by atoms with Crippen LogP contribution in [0.25, 0.3) is 0 Å². The highest BCUT2D eigenvalue weighted by Crippen LogP contribution is 2.20. The molecule has 6 nitrogen and oxygen atoms in total. The van der Waals surface area contributed by atoms with Crippen LogP contribution in [0.2, 0.25) is 0 Å². The van der Waals surface area contributed by atoms with E-state index in [1.807, 2.05) is 42.7 Å². The number of hydrogen-bond donors (Lipinski definition) is 1. The first kappa shape index (κ1) is 18.8. The van der Waals surface area contributed by atoms with Gasteiger partial charge in [-0.05, 0) is 38.8 Å². The number of rotatable bonds is 8. The summed E-state index contributed by atoms with van der Waals surface area (Å²) < 4.78 is 7.81. The quantitative estimate of drug-likeness (QED) is 0.718. The Morgan fingerprint density at radius 2 is 2.00 bits per heavy atom. The number of carbonyl (C=O) groups is 1. The molecule has 1 aromatic heterocycles. The van der Waals surface area contributed by atoms with Crippen molar-refractivity contribution in [2.24, 2.45) is 0 Å². The fourth-order valence-electron chi connectivity index (χ4n) is 3.10. The summed E-state index contributed by atoms with van der Waals surface area (Å²) in [5.74, 6) is 2.02. The smallest absolute Gasteiger partial charge is 0.230 e. The standard InChI is InChI=1S/C19H26N4O2S/c1-3-23-17(12-25-16-10-8-14(2)9-11-16)21-22-19(23)26-13-18(24)20-15-6-4-5-7-15/h8-11,15H,3-7,12-13H2,1-2H3,(H,20,24). The lowest BCUT2D eigenvalue weighted by atomic mass is 10.2. The number of thioether (sulfide) groups is 1. The van der Waals surface area contributed by atoms with Crippen molar-refractivity contribution in [1.29, 1.82) is 0 Å². The second-order valence-electron chi connectivity index (χ2n) is 6.58. The predicted octanol–water partition coefficient (Wildman–Crippen LogP) is 3.34. The number of aromatic nitrogens is 3. The second-order valence-corrected chi connectivity index (χ2v) is 7.52. The number of aryl methyl sites for hydroxylation is 1. The minimum absolute atomic E-state index is 0.0741. The maximum atomic E-state index is 12.1. The molecule has 0 saturated heterocycles. The summed E-state index contributed by atoms with van der Waals surface area (Å²) in [7, 11) is 0. The highest BCUT2D eigenvalue weighted by molar-refractivity contribution is 7.99. The minimum atomic E-state index is 0.0741. The lowest BCUT2D eigenvalue weighted by Crippen LogP contribution is -2.33. The molecule has 0 bridgehead atoms. The maximum Gasteiger partial charge on any atom is 0.230 e. The highest BCUT2D eigenvalue weighted by Gasteiger charge is 2.18. The Morgan fingerprint density at radius 1 is 1.27 bits per heavy atom. The molecule has 1 heterocycles. The monoisotopic (exact) mass is 374 g/mol. The highest BCUT2D eigenvalue weighted by atomic mass is 32.2. The molecule has 3 rings (SSSR count). The van der Waals surface area contributed by atoms with Crippen LogP contribution in [0, 0.1) is 6.92 Å². The van der Waals surface area contributed by atoms with Crippen LogP contribution in [0.1, 0.15) is 44.0 Å². The fourth-order valence-corrected chi connectivity index (χ4v) is 3.93. The summed E-state index contributed by atoms with van der Waals surface area (Å²) in [6.45, 7) is 5.19. The van der Waals surface area contributed by atoms with Gasteiger partial charge in [-0.25, -0.2) is 0 Å². The van der Waals surface area contributed by atoms with Crippen molar-refractivity contribution in [1.82, 2.24) is 20.1 Å². The van der Waals surface area contributed by atoms with Crippen LogP contribution >= 0.6 is 11.8 Å². The van der Waals surface area contributed by atoms with Crippen molar-refractivity contribution >= 4 is 17.7 Å². The fraction of sp³-hybridized carbons (Fsp3) is 0.526. The molecular formula is C19H26N4O2S. The number of amides is 1. The molecule has 26 heavy (non-hydrogen) atoms. The van der Waals surface area contributed by atoms with E-state index in [0.717, 1.165) is 36.1 Å². The van der Waals surface area contributed by atoms with Gasteiger partial charge in [-0.3, -0.25) is 4.79 Å². The van der Waals surface area contributed by atoms with Gasteiger partial charge in [0, 0.05) is 12.6 Å². The summed E-state index contributed by atoms with van der Waals surface area (Å²) in [5.41, 5.74) is 1.20. The first-order valence-corrected chi connectivity index (χ1v) is 10.2. The molecule has 7 heteroatoms. The van der Waals surface area contributed by atoms with Crippen LogP contribution in [-0.2, 0) is 17.9 Å². The Kier molecular flexibility index (Phi) is 6.55. The van der Waals surface area contributed by atoms with Crippen LogP contribution in [0.15, 0.2) is 29.4 Å². The average molecular weight is 375 g/mol. The number of ether oxygens (including phenoxy) is 1. The second kappa shape index (κ2) is 9.07. The van der Waals surface area contributed by atoms with E-state index in [4.69, 9.17) is 4.74 Å². The molecule has 1 aliphatic carbocycles. The number of nitrogens with one attached hydrogen (secondary N) is 1. The summed E-state index contributed by atoms with van der Waals surface area (Å²) in [6, 6.07) is 8.29. The molecule has 1 amide bonds. The van der Waals surface area contributed by atoms with E-state index in [9.17, 15) is 4.79 Å². The Balaban J connectivity index is 1.53. The number of carbonyl (C=O) groups excluding carboxylic acids is 1. The van der Waals surface area contributed by atoms with Crippen LogP contribution in [-0.4, -0.2) is 32.5 Å². The first-order valence-electron chi connectivity index (χ1n) is 9.19. The largest absolute Gasteiger partial charge is 0.486 e. The molecule has 1 aromatic carbocycles. The Hall–Kier alpha value is -2.02. The van der Waals surface area contributed by atoms with Crippen molar-refractivity contribution in [3.8, 4) is 5.75 Å². The summed E-state index contributed by atoms with van der Waals surface area (Å²) in [4.78, 5) is 12.1. The topological polar surface area (TPSA) is 69.0 Å². The molecule has 2 aromatic rings. The van der Waals surface area contributed by atoms with E-state index >= 15 is 0 Å². The molecule has 1 fully saturated rings. The number of benzene rings is 1. The van der Waals surface area contributed by atoms with Crippen molar-refractivity contribution in [2.45, 2.75) is 63.9 Å². The van der Waals surface area contributed by atoms with Gasteiger partial charge in [0.25, 0.3) is 0 Å². The average Bonchev–Trinajstić information content (AvgIpc) is 3.28. The third kappa shape index (κ3) is 5.00. The first-order chi connectivity index (χ1) is 12.7. The van der Waals surface area contributed by atoms with Crippen molar-refractivity contribution in [3.63, 3.8) is 0 Å². The molecule has 0 aliphatic heterocycles. The third-order valence-corrected chi connectivity index (χ3v) is 5.52. The van der Waals surface area contributed by atoms with E-state index in [0.29, 0.717) is 18.4 Å².